The number of methoxy groups -OCH3 is 1. The van der Waals surface area contributed by atoms with Gasteiger partial charge in [-0.2, -0.15) is 0 Å². The molecule has 0 saturated heterocycles. The number of amides is 2. The molecule has 2 atom stereocenters. The molecule has 7 heteroatoms. The van der Waals surface area contributed by atoms with Crippen molar-refractivity contribution in [1.82, 2.24) is 4.90 Å². The number of anilines is 1. The highest BCUT2D eigenvalue weighted by Gasteiger charge is 2.53. The summed E-state index contributed by atoms with van der Waals surface area (Å²) < 4.78 is 11.7. The SMILES string of the molecule is COc1ccccc1C1(O[C@@H](C)C(=O)N(C)C)C(=O)Nc2ccc(Cl)cc21. The van der Waals surface area contributed by atoms with Crippen molar-refractivity contribution in [2.75, 3.05) is 26.5 Å². The van der Waals surface area contributed by atoms with Gasteiger partial charge in [-0.1, -0.05) is 29.8 Å². The van der Waals surface area contributed by atoms with Gasteiger partial charge in [0.15, 0.2) is 0 Å². The summed E-state index contributed by atoms with van der Waals surface area (Å²) in [6.45, 7) is 1.62. The third-order valence-electron chi connectivity index (χ3n) is 4.56. The first-order valence-corrected chi connectivity index (χ1v) is 8.83. The number of fused-ring (bicyclic) bond motifs is 1. The van der Waals surface area contributed by atoms with Gasteiger partial charge in [-0.3, -0.25) is 9.59 Å². The van der Waals surface area contributed by atoms with Gasteiger partial charge in [0, 0.05) is 35.9 Å². The van der Waals surface area contributed by atoms with Gasteiger partial charge in [0.2, 0.25) is 5.60 Å². The Hall–Kier alpha value is -2.57. The molecule has 3 rings (SSSR count). The zero-order valence-corrected chi connectivity index (χ0v) is 16.3. The molecule has 1 aliphatic heterocycles. The van der Waals surface area contributed by atoms with Crippen LogP contribution in [0.4, 0.5) is 5.69 Å². The number of carbonyl (C=O) groups excluding carboxylic acids is 2. The molecule has 0 aliphatic carbocycles. The average Bonchev–Trinajstić information content (AvgIpc) is 2.92. The summed E-state index contributed by atoms with van der Waals surface area (Å²) in [7, 11) is 4.79. The van der Waals surface area contributed by atoms with Crippen LogP contribution in [0.2, 0.25) is 5.02 Å². The summed E-state index contributed by atoms with van der Waals surface area (Å²) in [6.07, 6.45) is -0.874. The minimum atomic E-state index is -1.56. The van der Waals surface area contributed by atoms with Gasteiger partial charge in [0.1, 0.15) is 11.9 Å². The van der Waals surface area contributed by atoms with E-state index in [9.17, 15) is 9.59 Å². The van der Waals surface area contributed by atoms with E-state index in [-0.39, 0.29) is 5.91 Å². The maximum Gasteiger partial charge on any atom is 0.266 e. The first kappa shape index (κ1) is 19.2. The first-order valence-electron chi connectivity index (χ1n) is 8.45. The van der Waals surface area contributed by atoms with Crippen LogP contribution in [0.1, 0.15) is 18.1 Å². The third kappa shape index (κ3) is 3.15. The Labute approximate surface area is 163 Å². The highest BCUT2D eigenvalue weighted by atomic mass is 35.5. The fraction of sp³-hybridized carbons (Fsp3) is 0.300. The summed E-state index contributed by atoms with van der Waals surface area (Å²) in [5, 5.41) is 3.29. The monoisotopic (exact) mass is 388 g/mol. The minimum absolute atomic E-state index is 0.257. The molecular weight excluding hydrogens is 368 g/mol. The number of hydrogen-bond acceptors (Lipinski definition) is 4. The zero-order chi connectivity index (χ0) is 19.8. The van der Waals surface area contributed by atoms with Crippen molar-refractivity contribution in [1.29, 1.82) is 0 Å². The molecule has 0 aromatic heterocycles. The van der Waals surface area contributed by atoms with Crippen molar-refractivity contribution >= 4 is 29.1 Å². The average molecular weight is 389 g/mol. The second-order valence-corrected chi connectivity index (χ2v) is 6.95. The highest BCUT2D eigenvalue weighted by molar-refractivity contribution is 6.31. The van der Waals surface area contributed by atoms with Crippen molar-refractivity contribution < 1.29 is 19.1 Å². The Morgan fingerprint density at radius 3 is 2.56 bits per heavy atom. The van der Waals surface area contributed by atoms with Crippen LogP contribution in [-0.4, -0.2) is 44.0 Å². The van der Waals surface area contributed by atoms with Gasteiger partial charge >= 0.3 is 0 Å². The van der Waals surface area contributed by atoms with Crippen LogP contribution in [-0.2, 0) is 19.9 Å². The van der Waals surface area contributed by atoms with Gasteiger partial charge in [-0.05, 0) is 31.2 Å². The van der Waals surface area contributed by atoms with Crippen LogP contribution < -0.4 is 10.1 Å². The quantitative estimate of drug-likeness (QED) is 0.854. The van der Waals surface area contributed by atoms with Gasteiger partial charge in [-0.15, -0.1) is 0 Å². The maximum absolute atomic E-state index is 13.2. The lowest BCUT2D eigenvalue weighted by Crippen LogP contribution is -2.45. The van der Waals surface area contributed by atoms with Crippen molar-refractivity contribution in [2.45, 2.75) is 18.6 Å². The standard InChI is InChI=1S/C20H21ClN2O4/c1-12(18(24)23(2)3)27-20(14-7-5-6-8-17(14)26-4)15-11-13(21)9-10-16(15)22-19(20)25/h5-12H,1-4H3,(H,22,25)/t12-,20?/m0/s1. The third-order valence-corrected chi connectivity index (χ3v) is 4.79. The Morgan fingerprint density at radius 2 is 1.89 bits per heavy atom. The molecule has 0 radical (unpaired) electrons. The Morgan fingerprint density at radius 1 is 1.19 bits per heavy atom. The molecule has 1 heterocycles. The highest BCUT2D eigenvalue weighted by Crippen LogP contribution is 2.48. The van der Waals surface area contributed by atoms with Crippen LogP contribution in [0.5, 0.6) is 5.75 Å². The van der Waals surface area contributed by atoms with E-state index in [0.29, 0.717) is 27.6 Å². The number of rotatable bonds is 5. The van der Waals surface area contributed by atoms with Gasteiger partial charge < -0.3 is 19.7 Å². The van der Waals surface area contributed by atoms with Crippen molar-refractivity contribution in [2.24, 2.45) is 0 Å². The summed E-state index contributed by atoms with van der Waals surface area (Å²) in [6, 6.07) is 12.2. The summed E-state index contributed by atoms with van der Waals surface area (Å²) in [4.78, 5) is 27.1. The number of hydrogen-bond donors (Lipinski definition) is 1. The number of ether oxygens (including phenoxy) is 2. The zero-order valence-electron chi connectivity index (χ0n) is 15.6. The summed E-state index contributed by atoms with van der Waals surface area (Å²) >= 11 is 6.21. The van der Waals surface area contributed by atoms with Crippen molar-refractivity contribution in [3.8, 4) is 5.75 Å². The molecule has 2 aromatic rings. The molecule has 142 valence electrons. The van der Waals surface area contributed by atoms with Crippen LogP contribution in [0.15, 0.2) is 42.5 Å². The molecule has 27 heavy (non-hydrogen) atoms. The van der Waals surface area contributed by atoms with E-state index in [0.717, 1.165) is 0 Å². The molecule has 6 nitrogen and oxygen atoms in total. The number of carbonyl (C=O) groups is 2. The van der Waals surface area contributed by atoms with Crippen LogP contribution in [0.3, 0.4) is 0 Å². The normalized spacial score (nSPS) is 19.2. The van der Waals surface area contributed by atoms with E-state index in [1.165, 1.54) is 12.0 Å². The van der Waals surface area contributed by atoms with Crippen molar-refractivity contribution in [3.05, 3.63) is 58.6 Å². The molecule has 0 spiro atoms. The lowest BCUT2D eigenvalue weighted by Gasteiger charge is -2.33. The fourth-order valence-electron chi connectivity index (χ4n) is 3.31. The number of nitrogens with one attached hydrogen (secondary N) is 1. The molecule has 2 aromatic carbocycles. The Kier molecular flexibility index (Phi) is 5.13. The van der Waals surface area contributed by atoms with Gasteiger partial charge in [-0.25, -0.2) is 0 Å². The second-order valence-electron chi connectivity index (χ2n) is 6.52. The molecule has 1 N–H and O–H groups in total. The summed E-state index contributed by atoms with van der Waals surface area (Å²) in [5.74, 6) is -0.180. The Balaban J connectivity index is 2.24. The van der Waals surface area contributed by atoms with Gasteiger partial charge in [0.05, 0.1) is 7.11 Å². The number of benzene rings is 2. The molecule has 0 saturated carbocycles. The molecule has 1 aliphatic rings. The van der Waals surface area contributed by atoms with E-state index in [4.69, 9.17) is 21.1 Å². The maximum atomic E-state index is 13.2. The van der Waals surface area contributed by atoms with Crippen molar-refractivity contribution in [3.63, 3.8) is 0 Å². The predicted octanol–water partition coefficient (Wildman–Crippen LogP) is 3.04. The number of halogens is 1. The largest absolute Gasteiger partial charge is 0.496 e. The first-order chi connectivity index (χ1) is 12.8. The number of para-hydroxylation sites is 1. The number of nitrogens with zero attached hydrogens (tertiary/aromatic N) is 1. The van der Waals surface area contributed by atoms with E-state index >= 15 is 0 Å². The topological polar surface area (TPSA) is 67.9 Å². The molecule has 0 fully saturated rings. The van der Waals surface area contributed by atoms with Gasteiger partial charge in [0.25, 0.3) is 11.8 Å². The number of likely N-dealkylation sites (N-methyl/N-ethyl adjacent to an activating group) is 1. The predicted molar refractivity (Wildman–Crippen MR) is 103 cm³/mol. The van der Waals surface area contributed by atoms with E-state index in [1.54, 1.807) is 63.5 Å². The van der Waals surface area contributed by atoms with Crippen LogP contribution >= 0.6 is 11.6 Å². The smallest absolute Gasteiger partial charge is 0.266 e. The van der Waals surface area contributed by atoms with E-state index < -0.39 is 17.6 Å². The second kappa shape index (κ2) is 7.21. The molecule has 1 unspecified atom stereocenters. The van der Waals surface area contributed by atoms with E-state index in [1.807, 2.05) is 0 Å². The lowest BCUT2D eigenvalue weighted by molar-refractivity contribution is -0.157. The van der Waals surface area contributed by atoms with Crippen LogP contribution in [0.25, 0.3) is 0 Å². The molecule has 2 amide bonds. The molecule has 0 bridgehead atoms. The minimum Gasteiger partial charge on any atom is -0.496 e. The fourth-order valence-corrected chi connectivity index (χ4v) is 3.48. The van der Waals surface area contributed by atoms with Crippen LogP contribution in [0, 0.1) is 0 Å². The lowest BCUT2D eigenvalue weighted by atomic mass is 9.86. The summed E-state index contributed by atoms with van der Waals surface area (Å²) in [5.41, 5.74) is 0.0740. The Bertz CT molecular complexity index is 899. The molecular formula is C20H21ClN2O4. The van der Waals surface area contributed by atoms with E-state index in [2.05, 4.69) is 5.32 Å².